The summed E-state index contributed by atoms with van der Waals surface area (Å²) >= 11 is 5.94. The molecule has 1 aliphatic rings. The molecule has 0 N–H and O–H groups in total. The molecule has 2 aromatic rings. The number of rotatable bonds is 3. The van der Waals surface area contributed by atoms with E-state index in [0.29, 0.717) is 11.4 Å². The standard InChI is InChI=1S/C16H18ClN3/c1-16(8-2-3-9-16)20-13-6-4-5-12(11-18)15(13)19-14(20)7-10-17/h4-6H,2-3,7-10H2,1H3. The maximum atomic E-state index is 9.27. The minimum Gasteiger partial charge on any atom is -0.322 e. The third-order valence-corrected chi connectivity index (χ3v) is 4.60. The van der Waals surface area contributed by atoms with Crippen molar-refractivity contribution in [3.05, 3.63) is 29.6 Å². The van der Waals surface area contributed by atoms with Crippen molar-refractivity contribution < 1.29 is 0 Å². The molecular formula is C16H18ClN3. The molecule has 1 heterocycles. The average molecular weight is 288 g/mol. The highest BCUT2D eigenvalue weighted by Crippen LogP contribution is 2.39. The van der Waals surface area contributed by atoms with Gasteiger partial charge in [-0.2, -0.15) is 5.26 Å². The van der Waals surface area contributed by atoms with Gasteiger partial charge in [-0.3, -0.25) is 0 Å². The van der Waals surface area contributed by atoms with Crippen LogP contribution in [0.5, 0.6) is 0 Å². The lowest BCUT2D eigenvalue weighted by Crippen LogP contribution is -2.28. The molecule has 20 heavy (non-hydrogen) atoms. The Kier molecular flexibility index (Phi) is 3.43. The first-order valence-electron chi connectivity index (χ1n) is 7.16. The van der Waals surface area contributed by atoms with E-state index < -0.39 is 0 Å². The van der Waals surface area contributed by atoms with Gasteiger partial charge in [0.05, 0.1) is 11.1 Å². The Balaban J connectivity index is 2.28. The quantitative estimate of drug-likeness (QED) is 0.801. The van der Waals surface area contributed by atoms with Crippen LogP contribution in [0, 0.1) is 11.3 Å². The predicted molar refractivity (Wildman–Crippen MR) is 81.0 cm³/mol. The molecule has 0 atom stereocenters. The fraction of sp³-hybridized carbons (Fsp3) is 0.500. The molecule has 0 bridgehead atoms. The van der Waals surface area contributed by atoms with Crippen LogP contribution < -0.4 is 0 Å². The maximum Gasteiger partial charge on any atom is 0.111 e. The van der Waals surface area contributed by atoms with Gasteiger partial charge in [0.25, 0.3) is 0 Å². The van der Waals surface area contributed by atoms with Crippen molar-refractivity contribution in [2.24, 2.45) is 0 Å². The molecule has 3 nitrogen and oxygen atoms in total. The second-order valence-electron chi connectivity index (χ2n) is 5.79. The second-order valence-corrected chi connectivity index (χ2v) is 6.17. The third kappa shape index (κ3) is 1.99. The molecule has 0 amide bonds. The van der Waals surface area contributed by atoms with Gasteiger partial charge in [0, 0.05) is 17.8 Å². The molecule has 0 radical (unpaired) electrons. The van der Waals surface area contributed by atoms with E-state index in [-0.39, 0.29) is 5.54 Å². The smallest absolute Gasteiger partial charge is 0.111 e. The van der Waals surface area contributed by atoms with Crippen LogP contribution in [-0.4, -0.2) is 15.4 Å². The van der Waals surface area contributed by atoms with E-state index >= 15 is 0 Å². The Morgan fingerprint density at radius 3 is 2.80 bits per heavy atom. The van der Waals surface area contributed by atoms with Crippen LogP contribution in [0.3, 0.4) is 0 Å². The van der Waals surface area contributed by atoms with E-state index in [1.54, 1.807) is 0 Å². The fourth-order valence-corrected chi connectivity index (χ4v) is 3.62. The highest BCUT2D eigenvalue weighted by Gasteiger charge is 2.34. The number of aromatic nitrogens is 2. The first-order valence-corrected chi connectivity index (χ1v) is 7.70. The molecule has 0 saturated heterocycles. The van der Waals surface area contributed by atoms with E-state index in [4.69, 9.17) is 16.6 Å². The van der Waals surface area contributed by atoms with Gasteiger partial charge in [0.1, 0.15) is 17.4 Å². The molecule has 104 valence electrons. The number of alkyl halides is 1. The normalized spacial score (nSPS) is 17.4. The van der Waals surface area contributed by atoms with Crippen LogP contribution in [0.15, 0.2) is 18.2 Å². The number of para-hydroxylation sites is 1. The maximum absolute atomic E-state index is 9.27. The van der Waals surface area contributed by atoms with E-state index in [0.717, 1.165) is 23.3 Å². The number of halogens is 1. The SMILES string of the molecule is CC1(n2c(CCCl)nc3c(C#N)cccc32)CCCC1. The highest BCUT2D eigenvalue weighted by atomic mass is 35.5. The van der Waals surface area contributed by atoms with Gasteiger partial charge in [-0.05, 0) is 31.9 Å². The first kappa shape index (κ1) is 13.5. The number of hydrogen-bond donors (Lipinski definition) is 0. The van der Waals surface area contributed by atoms with E-state index in [9.17, 15) is 5.26 Å². The summed E-state index contributed by atoms with van der Waals surface area (Å²) in [4.78, 5) is 4.72. The Labute approximate surface area is 124 Å². The molecule has 0 spiro atoms. The van der Waals surface area contributed by atoms with Gasteiger partial charge in [-0.25, -0.2) is 4.98 Å². The predicted octanol–water partition coefficient (Wildman–Crippen LogP) is 3.98. The van der Waals surface area contributed by atoms with Crippen molar-refractivity contribution in [3.63, 3.8) is 0 Å². The van der Waals surface area contributed by atoms with Crippen molar-refractivity contribution in [1.29, 1.82) is 5.26 Å². The summed E-state index contributed by atoms with van der Waals surface area (Å²) < 4.78 is 2.35. The number of benzene rings is 1. The second kappa shape index (κ2) is 5.10. The Hall–Kier alpha value is -1.53. The zero-order chi connectivity index (χ0) is 14.2. The van der Waals surface area contributed by atoms with Crippen LogP contribution in [0.1, 0.15) is 44.0 Å². The summed E-state index contributed by atoms with van der Waals surface area (Å²) in [5.41, 5.74) is 2.67. The lowest BCUT2D eigenvalue weighted by Gasteiger charge is -2.28. The number of hydrogen-bond acceptors (Lipinski definition) is 2. The lowest BCUT2D eigenvalue weighted by atomic mass is 9.99. The van der Waals surface area contributed by atoms with Crippen molar-refractivity contribution in [3.8, 4) is 6.07 Å². The highest BCUT2D eigenvalue weighted by molar-refractivity contribution is 6.17. The minimum absolute atomic E-state index is 0.115. The van der Waals surface area contributed by atoms with Gasteiger partial charge >= 0.3 is 0 Å². The van der Waals surface area contributed by atoms with Gasteiger partial charge in [0.2, 0.25) is 0 Å². The molecule has 1 aromatic heterocycles. The van der Waals surface area contributed by atoms with Gasteiger partial charge < -0.3 is 4.57 Å². The minimum atomic E-state index is 0.115. The van der Waals surface area contributed by atoms with Crippen molar-refractivity contribution in [2.45, 2.75) is 44.6 Å². The Morgan fingerprint density at radius 2 is 2.15 bits per heavy atom. The Bertz CT molecular complexity index is 675. The van der Waals surface area contributed by atoms with Crippen LogP contribution in [0.25, 0.3) is 11.0 Å². The number of imidazole rings is 1. The molecule has 1 aliphatic carbocycles. The van der Waals surface area contributed by atoms with Crippen molar-refractivity contribution in [2.75, 3.05) is 5.88 Å². The van der Waals surface area contributed by atoms with Gasteiger partial charge in [-0.15, -0.1) is 11.6 Å². The number of aryl methyl sites for hydroxylation is 1. The third-order valence-electron chi connectivity index (χ3n) is 4.41. The largest absolute Gasteiger partial charge is 0.322 e. The molecule has 1 fully saturated rings. The lowest BCUT2D eigenvalue weighted by molar-refractivity contribution is 0.329. The summed E-state index contributed by atoms with van der Waals surface area (Å²) in [7, 11) is 0. The summed E-state index contributed by atoms with van der Waals surface area (Å²) in [6, 6.07) is 8.10. The molecular weight excluding hydrogens is 270 g/mol. The molecule has 1 aromatic carbocycles. The van der Waals surface area contributed by atoms with E-state index in [1.807, 2.05) is 12.1 Å². The number of nitriles is 1. The van der Waals surface area contributed by atoms with Crippen LogP contribution in [-0.2, 0) is 12.0 Å². The van der Waals surface area contributed by atoms with Crippen LogP contribution in [0.4, 0.5) is 0 Å². The van der Waals surface area contributed by atoms with Crippen LogP contribution in [0.2, 0.25) is 0 Å². The molecule has 0 unspecified atom stereocenters. The summed E-state index contributed by atoms with van der Waals surface area (Å²) in [5.74, 6) is 1.57. The molecule has 1 saturated carbocycles. The van der Waals surface area contributed by atoms with Gasteiger partial charge in [-0.1, -0.05) is 18.9 Å². The topological polar surface area (TPSA) is 41.6 Å². The molecule has 0 aliphatic heterocycles. The number of nitrogens with zero attached hydrogens (tertiary/aromatic N) is 3. The van der Waals surface area contributed by atoms with Crippen LogP contribution >= 0.6 is 11.6 Å². The van der Waals surface area contributed by atoms with E-state index in [1.165, 1.54) is 25.7 Å². The van der Waals surface area contributed by atoms with Gasteiger partial charge in [0.15, 0.2) is 0 Å². The van der Waals surface area contributed by atoms with Crippen molar-refractivity contribution >= 4 is 22.6 Å². The first-order chi connectivity index (χ1) is 9.69. The average Bonchev–Trinajstić information content (AvgIpc) is 3.03. The number of fused-ring (bicyclic) bond motifs is 1. The van der Waals surface area contributed by atoms with Crippen molar-refractivity contribution in [1.82, 2.24) is 9.55 Å². The summed E-state index contributed by atoms with van der Waals surface area (Å²) in [6.45, 7) is 2.30. The monoisotopic (exact) mass is 287 g/mol. The van der Waals surface area contributed by atoms with E-state index in [2.05, 4.69) is 23.6 Å². The summed E-state index contributed by atoms with van der Waals surface area (Å²) in [5, 5.41) is 9.27. The zero-order valence-corrected chi connectivity index (χ0v) is 12.5. The molecule has 4 heteroatoms. The summed E-state index contributed by atoms with van der Waals surface area (Å²) in [6.07, 6.45) is 5.61. The Morgan fingerprint density at radius 1 is 1.40 bits per heavy atom. The zero-order valence-electron chi connectivity index (χ0n) is 11.7. The fourth-order valence-electron chi connectivity index (χ4n) is 3.45. The molecule has 3 rings (SSSR count).